The summed E-state index contributed by atoms with van der Waals surface area (Å²) < 4.78 is 28.8. The molecule has 0 aromatic carbocycles. The number of nitrogens with one attached hydrogen (secondary N) is 1. The summed E-state index contributed by atoms with van der Waals surface area (Å²) in [7, 11) is -3.34. The van der Waals surface area contributed by atoms with Crippen LogP contribution in [0.15, 0.2) is 0 Å². The number of sulfone groups is 1. The number of rotatable bonds is 4. The van der Waals surface area contributed by atoms with Crippen molar-refractivity contribution in [1.82, 2.24) is 5.32 Å². The molecule has 1 heterocycles. The van der Waals surface area contributed by atoms with Crippen LogP contribution in [0.2, 0.25) is 0 Å². The molecular weight excluding hydrogens is 230 g/mol. The molecule has 1 aliphatic heterocycles. The molecule has 0 radical (unpaired) electrons. The van der Waals surface area contributed by atoms with E-state index in [4.69, 9.17) is 4.74 Å². The number of carbonyl (C=O) groups is 1. The number of ether oxygens (including phenoxy) is 1. The summed E-state index contributed by atoms with van der Waals surface area (Å²) >= 11 is 0. The molecule has 1 amide bonds. The van der Waals surface area contributed by atoms with Crippen molar-refractivity contribution in [1.29, 1.82) is 0 Å². The summed E-state index contributed by atoms with van der Waals surface area (Å²) in [6.07, 6.45) is 3.31. The predicted molar refractivity (Wildman–Crippen MR) is 58.8 cm³/mol. The van der Waals surface area contributed by atoms with Gasteiger partial charge in [-0.3, -0.25) is 4.79 Å². The lowest BCUT2D eigenvalue weighted by Gasteiger charge is -2.21. The van der Waals surface area contributed by atoms with Crippen molar-refractivity contribution >= 4 is 15.7 Å². The van der Waals surface area contributed by atoms with Crippen LogP contribution in [0.3, 0.4) is 0 Å². The normalized spacial score (nSPS) is 26.4. The minimum absolute atomic E-state index is 0.213. The first kappa shape index (κ1) is 11.9. The summed E-state index contributed by atoms with van der Waals surface area (Å²) in [5.74, 6) is -0.759. The highest BCUT2D eigenvalue weighted by molar-refractivity contribution is 7.92. The molecule has 1 saturated carbocycles. The Morgan fingerprint density at radius 2 is 2.06 bits per heavy atom. The molecule has 0 spiro atoms. The Morgan fingerprint density at radius 1 is 1.31 bits per heavy atom. The Morgan fingerprint density at radius 3 is 2.62 bits per heavy atom. The maximum Gasteiger partial charge on any atom is 0.235 e. The average Bonchev–Trinajstić information content (AvgIpc) is 3.02. The lowest BCUT2D eigenvalue weighted by atomic mass is 10.2. The minimum Gasteiger partial charge on any atom is -0.380 e. The third kappa shape index (κ3) is 3.18. The van der Waals surface area contributed by atoms with E-state index in [0.717, 1.165) is 19.3 Å². The summed E-state index contributed by atoms with van der Waals surface area (Å²) in [5.41, 5.74) is 0. The first-order valence-electron chi connectivity index (χ1n) is 5.66. The molecule has 16 heavy (non-hydrogen) atoms. The van der Waals surface area contributed by atoms with E-state index in [0.29, 0.717) is 13.0 Å². The second-order valence-corrected chi connectivity index (χ2v) is 6.77. The predicted octanol–water partition coefficient (Wildman–Crippen LogP) is -0.141. The highest BCUT2D eigenvalue weighted by atomic mass is 32.2. The van der Waals surface area contributed by atoms with Crippen LogP contribution < -0.4 is 5.32 Å². The van der Waals surface area contributed by atoms with Crippen molar-refractivity contribution in [3.8, 4) is 0 Å². The molecule has 1 aliphatic carbocycles. The van der Waals surface area contributed by atoms with Crippen LogP contribution in [-0.4, -0.2) is 44.6 Å². The Bertz CT molecular complexity index is 355. The van der Waals surface area contributed by atoms with E-state index in [-0.39, 0.29) is 18.6 Å². The van der Waals surface area contributed by atoms with Gasteiger partial charge in [0.1, 0.15) is 5.75 Å². The van der Waals surface area contributed by atoms with Crippen LogP contribution in [-0.2, 0) is 19.4 Å². The van der Waals surface area contributed by atoms with Crippen LogP contribution >= 0.6 is 0 Å². The Kier molecular flexibility index (Phi) is 3.49. The van der Waals surface area contributed by atoms with Crippen molar-refractivity contribution in [2.75, 3.05) is 19.0 Å². The number of hydrogen-bond donors (Lipinski definition) is 1. The quantitative estimate of drug-likeness (QED) is 0.750. The van der Waals surface area contributed by atoms with Gasteiger partial charge < -0.3 is 10.1 Å². The van der Waals surface area contributed by atoms with Gasteiger partial charge in [0.05, 0.1) is 11.9 Å². The molecule has 2 rings (SSSR count). The lowest BCUT2D eigenvalue weighted by molar-refractivity contribution is -0.118. The maximum absolute atomic E-state index is 11.9. The summed E-state index contributed by atoms with van der Waals surface area (Å²) in [6.45, 7) is 0.860. The molecule has 0 bridgehead atoms. The number of carbonyl (C=O) groups excluding carboxylic acids is 1. The molecule has 1 atom stereocenters. The molecule has 6 heteroatoms. The fourth-order valence-corrected chi connectivity index (χ4v) is 3.31. The van der Waals surface area contributed by atoms with Crippen molar-refractivity contribution in [2.45, 2.75) is 37.0 Å². The highest BCUT2D eigenvalue weighted by Gasteiger charge is 2.31. The molecular formula is C10H17NO4S. The summed E-state index contributed by atoms with van der Waals surface area (Å²) in [4.78, 5) is 11.4. The zero-order valence-electron chi connectivity index (χ0n) is 9.15. The zero-order valence-corrected chi connectivity index (χ0v) is 9.96. The summed E-state index contributed by atoms with van der Waals surface area (Å²) in [6, 6.07) is 0.213. The largest absolute Gasteiger partial charge is 0.380 e. The molecule has 0 aromatic rings. The van der Waals surface area contributed by atoms with Crippen molar-refractivity contribution in [3.05, 3.63) is 0 Å². The topological polar surface area (TPSA) is 72.5 Å². The lowest BCUT2D eigenvalue weighted by Crippen LogP contribution is -2.39. The zero-order chi connectivity index (χ0) is 11.6. The van der Waals surface area contributed by atoms with Crippen molar-refractivity contribution < 1.29 is 17.9 Å². The molecule has 1 saturated heterocycles. The number of amides is 1. The van der Waals surface area contributed by atoms with Gasteiger partial charge in [0.15, 0.2) is 9.84 Å². The van der Waals surface area contributed by atoms with E-state index >= 15 is 0 Å². The Hall–Kier alpha value is -0.620. The first-order chi connectivity index (χ1) is 7.58. The maximum atomic E-state index is 11.9. The SMILES string of the molecule is O=C(CS(=O)(=O)C1CCCOC1)NC1CC1. The average molecular weight is 247 g/mol. The van der Waals surface area contributed by atoms with Gasteiger partial charge in [-0.15, -0.1) is 0 Å². The van der Waals surface area contributed by atoms with E-state index in [2.05, 4.69) is 5.32 Å². The number of hydrogen-bond acceptors (Lipinski definition) is 4. The molecule has 2 fully saturated rings. The van der Waals surface area contributed by atoms with Crippen LogP contribution in [0.5, 0.6) is 0 Å². The van der Waals surface area contributed by atoms with Crippen molar-refractivity contribution in [3.63, 3.8) is 0 Å². The third-order valence-electron chi connectivity index (χ3n) is 2.90. The van der Waals surface area contributed by atoms with Gasteiger partial charge in [0.2, 0.25) is 5.91 Å². The van der Waals surface area contributed by atoms with Crippen LogP contribution in [0.4, 0.5) is 0 Å². The van der Waals surface area contributed by atoms with Crippen LogP contribution in [0, 0.1) is 0 Å². The smallest absolute Gasteiger partial charge is 0.235 e. The van der Waals surface area contributed by atoms with E-state index < -0.39 is 20.8 Å². The molecule has 1 unspecified atom stereocenters. The molecule has 5 nitrogen and oxygen atoms in total. The fraction of sp³-hybridized carbons (Fsp3) is 0.900. The van der Waals surface area contributed by atoms with Gasteiger partial charge in [-0.1, -0.05) is 0 Å². The molecule has 0 aromatic heterocycles. The van der Waals surface area contributed by atoms with E-state index in [1.54, 1.807) is 0 Å². The highest BCUT2D eigenvalue weighted by Crippen LogP contribution is 2.19. The molecule has 92 valence electrons. The van der Waals surface area contributed by atoms with E-state index in [1.807, 2.05) is 0 Å². The van der Waals surface area contributed by atoms with Gasteiger partial charge in [-0.25, -0.2) is 8.42 Å². The first-order valence-corrected chi connectivity index (χ1v) is 7.38. The third-order valence-corrected chi connectivity index (χ3v) is 4.95. The van der Waals surface area contributed by atoms with Gasteiger partial charge in [-0.2, -0.15) is 0 Å². The monoisotopic (exact) mass is 247 g/mol. The Balaban J connectivity index is 1.87. The second kappa shape index (κ2) is 4.71. The van der Waals surface area contributed by atoms with Gasteiger partial charge in [0.25, 0.3) is 0 Å². The van der Waals surface area contributed by atoms with E-state index in [1.165, 1.54) is 0 Å². The van der Waals surface area contributed by atoms with E-state index in [9.17, 15) is 13.2 Å². The standard InChI is InChI=1S/C10H17NO4S/c12-10(11-8-3-4-8)7-16(13,14)9-2-1-5-15-6-9/h8-9H,1-7H2,(H,11,12). The van der Waals surface area contributed by atoms with Crippen LogP contribution in [0.1, 0.15) is 25.7 Å². The van der Waals surface area contributed by atoms with Gasteiger partial charge >= 0.3 is 0 Å². The molecule has 2 aliphatic rings. The van der Waals surface area contributed by atoms with Gasteiger partial charge in [-0.05, 0) is 25.7 Å². The second-order valence-electron chi connectivity index (χ2n) is 4.49. The Labute approximate surface area is 95.5 Å². The van der Waals surface area contributed by atoms with Gasteiger partial charge in [0, 0.05) is 12.6 Å². The minimum atomic E-state index is -3.34. The molecule has 1 N–H and O–H groups in total. The van der Waals surface area contributed by atoms with Crippen LogP contribution in [0.25, 0.3) is 0 Å². The summed E-state index contributed by atoms with van der Waals surface area (Å²) in [5, 5.41) is 2.20. The fourth-order valence-electron chi connectivity index (χ4n) is 1.79. The van der Waals surface area contributed by atoms with Crippen molar-refractivity contribution in [2.24, 2.45) is 0 Å².